The van der Waals surface area contributed by atoms with E-state index in [4.69, 9.17) is 56.8 Å². The molecule has 3 rings (SSSR count). The van der Waals surface area contributed by atoms with E-state index in [9.17, 15) is 63.0 Å². The van der Waals surface area contributed by atoms with Crippen molar-refractivity contribution in [2.45, 2.75) is 170 Å². The Kier molecular flexibility index (Phi) is 53.8. The molecular weight excluding hydrogens is 1550 g/mol. The molecule has 0 bridgehead atoms. The molecule has 35 heteroatoms. The highest BCUT2D eigenvalue weighted by molar-refractivity contribution is 6.13. The highest BCUT2D eigenvalue weighted by atomic mass is 16.6. The number of hydrogen-bond acceptors (Lipinski definition) is 25. The molecule has 674 valence electrons. The van der Waals surface area contributed by atoms with Crippen molar-refractivity contribution in [3.05, 3.63) is 71.8 Å². The van der Waals surface area contributed by atoms with E-state index in [1.165, 1.54) is 30.4 Å². The topological polar surface area (TPSA) is 442 Å². The molecule has 1 heterocycles. The molecule has 1 aliphatic heterocycles. The molecule has 0 radical (unpaired) electrons. The van der Waals surface area contributed by atoms with Gasteiger partial charge in [0.2, 0.25) is 41.4 Å². The van der Waals surface area contributed by atoms with Crippen LogP contribution >= 0.6 is 0 Å². The minimum atomic E-state index is -0.729. The molecule has 2 aromatic rings. The number of phenols is 2. The second-order valence-corrected chi connectivity index (χ2v) is 31.1. The Balaban J connectivity index is 1.10. The van der Waals surface area contributed by atoms with Gasteiger partial charge in [-0.15, -0.1) is 0 Å². The molecule has 10 N–H and O–H groups in total. The lowest BCUT2D eigenvalue weighted by Crippen LogP contribution is -2.49. The van der Waals surface area contributed by atoms with Gasteiger partial charge in [-0.25, -0.2) is 0 Å². The van der Waals surface area contributed by atoms with Gasteiger partial charge in [0.15, 0.2) is 0 Å². The van der Waals surface area contributed by atoms with Crippen molar-refractivity contribution in [2.75, 3.05) is 204 Å². The summed E-state index contributed by atoms with van der Waals surface area (Å²) in [4.78, 5) is 140. The molecule has 2 aromatic carbocycles. The average molecular weight is 1690 g/mol. The minimum absolute atomic E-state index is 0.0575. The van der Waals surface area contributed by atoms with Gasteiger partial charge in [-0.2, -0.15) is 0 Å². The molecule has 0 aliphatic carbocycles. The maximum atomic E-state index is 13.3. The molecule has 11 amide bonds. The van der Waals surface area contributed by atoms with Crippen LogP contribution < -0.4 is 42.5 Å². The van der Waals surface area contributed by atoms with Gasteiger partial charge in [-0.05, 0) is 111 Å². The maximum absolute atomic E-state index is 13.3. The smallest absolute Gasteiger partial charge is 0.255 e. The first-order valence-electron chi connectivity index (χ1n) is 41.5. The number of carbonyl (C=O) groups is 11. The zero-order valence-electron chi connectivity index (χ0n) is 72.0. The van der Waals surface area contributed by atoms with Crippen LogP contribution in [0.5, 0.6) is 11.5 Å². The van der Waals surface area contributed by atoms with E-state index in [2.05, 4.69) is 42.5 Å². The summed E-state index contributed by atoms with van der Waals surface area (Å²) < 4.78 is 68.0. The molecular formula is C84H138N10O25. The van der Waals surface area contributed by atoms with Gasteiger partial charge in [-0.3, -0.25) is 57.6 Å². The molecule has 119 heavy (non-hydrogen) atoms. The quantitative estimate of drug-likeness (QED) is 0.0331. The van der Waals surface area contributed by atoms with Gasteiger partial charge in [0, 0.05) is 139 Å². The second kappa shape index (κ2) is 61.0. The van der Waals surface area contributed by atoms with Crippen molar-refractivity contribution in [3.63, 3.8) is 0 Å². The summed E-state index contributed by atoms with van der Waals surface area (Å²) in [6.07, 6.45) is 6.61. The van der Waals surface area contributed by atoms with Crippen molar-refractivity contribution < 1.29 is 120 Å². The summed E-state index contributed by atoms with van der Waals surface area (Å²) in [5, 5.41) is 42.7. The van der Waals surface area contributed by atoms with Gasteiger partial charge >= 0.3 is 0 Å². The molecule has 0 saturated heterocycles. The van der Waals surface area contributed by atoms with Crippen molar-refractivity contribution in [1.82, 2.24) is 52.3 Å². The number of benzene rings is 2. The van der Waals surface area contributed by atoms with E-state index < -0.39 is 39.7 Å². The number of aromatic hydroxyl groups is 2. The van der Waals surface area contributed by atoms with E-state index in [1.807, 2.05) is 55.4 Å². The van der Waals surface area contributed by atoms with E-state index >= 15 is 0 Å². The van der Waals surface area contributed by atoms with E-state index in [-0.39, 0.29) is 233 Å². The standard InChI is InChI=1S/C84H138N10O25/c1-64(63-119-84(9,10)30-23-70(97)85-35-24-65(2)118-46-32-83(7,8)92-80(107)81(3,4)29-15-33-88-77(104)66-17-11-13-19-68(66)95)91-73(100)28-45-111-52-56-115-60-62-117-58-54-113-50-41-93(74(101)25-39-94-75(102)21-22-76(94)103)40-49-112-53-57-116-61-59-114-55-51-110-44-27-72(99)87-38-48-109-43-26-71(98)86-37-47-108-42-16-34-90-79(106)82(5,6)31-36-89-78(105)67-18-12-14-20-69(67)96/h11-14,17-22,64-65,95-96H,15-16,23-63H2,1-10H3,(H,85,97)(H,86,98)(H,87,99)(H,88,104)(H,89,105)(H,90,106)(H,91,100)(H,92,107). The Bertz CT molecular complexity index is 3320. The summed E-state index contributed by atoms with van der Waals surface area (Å²) in [5.74, 6) is -3.14. The molecule has 0 saturated carbocycles. The van der Waals surface area contributed by atoms with Crippen LogP contribution in [0.25, 0.3) is 0 Å². The number of nitrogens with one attached hydrogen (secondary N) is 8. The van der Waals surface area contributed by atoms with Crippen LogP contribution in [0, 0.1) is 10.8 Å². The van der Waals surface area contributed by atoms with Crippen molar-refractivity contribution >= 4 is 65.0 Å². The number of imide groups is 1. The Hall–Kier alpha value is -8.33. The number of carbonyl (C=O) groups excluding carboxylic acids is 11. The SMILES string of the molecule is CC(COC(C)(C)CCC(=O)NCCC(C)OCCC(C)(C)NC(=O)C(C)(C)CCCNC(=O)c1ccccc1O)NC(=O)CCOCCOCCOCCOCCN(CCOCCOCCOCCOCCC(=O)NCCOCCC(=O)NCCOCCCNC(=O)C(C)(C)CCNC(=O)c1ccccc1O)C(=O)CCN1C(=O)C=CC1=O. The second-order valence-electron chi connectivity index (χ2n) is 31.1. The molecule has 2 unspecified atom stereocenters. The Morgan fingerprint density at radius 2 is 0.849 bits per heavy atom. The van der Waals surface area contributed by atoms with Crippen LogP contribution in [-0.4, -0.2) is 313 Å². The van der Waals surface area contributed by atoms with Crippen LogP contribution in [-0.2, 0) is 100.0 Å². The first-order valence-corrected chi connectivity index (χ1v) is 41.5. The molecule has 0 spiro atoms. The highest BCUT2D eigenvalue weighted by Gasteiger charge is 2.33. The van der Waals surface area contributed by atoms with Gasteiger partial charge in [0.25, 0.3) is 23.6 Å². The molecule has 1 aliphatic rings. The Labute approximate surface area is 702 Å². The average Bonchev–Trinajstić information content (AvgIpc) is 1.63. The lowest BCUT2D eigenvalue weighted by atomic mass is 9.85. The first kappa shape index (κ1) is 105. The number of amides is 11. The van der Waals surface area contributed by atoms with E-state index in [0.29, 0.717) is 131 Å². The molecule has 2 atom stereocenters. The zero-order valence-corrected chi connectivity index (χ0v) is 72.0. The van der Waals surface area contributed by atoms with Gasteiger partial charge in [0.05, 0.1) is 155 Å². The van der Waals surface area contributed by atoms with Crippen LogP contribution in [0.3, 0.4) is 0 Å². The third-order valence-corrected chi connectivity index (χ3v) is 18.7. The van der Waals surface area contributed by atoms with E-state index in [0.717, 1.165) is 4.90 Å². The largest absolute Gasteiger partial charge is 0.507 e. The monoisotopic (exact) mass is 1690 g/mol. The van der Waals surface area contributed by atoms with Gasteiger partial charge < -0.3 is 114 Å². The fourth-order valence-electron chi connectivity index (χ4n) is 11.1. The normalized spacial score (nSPS) is 12.9. The Morgan fingerprint density at radius 3 is 1.36 bits per heavy atom. The molecule has 0 fully saturated rings. The first-order chi connectivity index (χ1) is 56.8. The third kappa shape index (κ3) is 50.5. The van der Waals surface area contributed by atoms with Crippen LogP contribution in [0.4, 0.5) is 0 Å². The summed E-state index contributed by atoms with van der Waals surface area (Å²) in [5.41, 5.74) is -2.18. The highest BCUT2D eigenvalue weighted by Crippen LogP contribution is 2.26. The third-order valence-electron chi connectivity index (χ3n) is 18.7. The maximum Gasteiger partial charge on any atom is 0.255 e. The van der Waals surface area contributed by atoms with Crippen molar-refractivity contribution in [1.29, 1.82) is 0 Å². The fourth-order valence-corrected chi connectivity index (χ4v) is 11.1. The van der Waals surface area contributed by atoms with Gasteiger partial charge in [0.1, 0.15) is 11.5 Å². The Morgan fingerprint density at radius 1 is 0.420 bits per heavy atom. The summed E-state index contributed by atoms with van der Waals surface area (Å²) in [6.45, 7) is 27.3. The zero-order chi connectivity index (χ0) is 87.6. The van der Waals surface area contributed by atoms with E-state index in [1.54, 1.807) is 49.1 Å². The summed E-state index contributed by atoms with van der Waals surface area (Å²) in [6, 6.07) is 12.3. The number of rotatable bonds is 72. The number of ether oxygens (including phenoxy) is 12. The van der Waals surface area contributed by atoms with Gasteiger partial charge in [-0.1, -0.05) is 52.0 Å². The minimum Gasteiger partial charge on any atom is -0.507 e. The summed E-state index contributed by atoms with van der Waals surface area (Å²) in [7, 11) is 0. The molecule has 35 nitrogen and oxygen atoms in total. The molecule has 0 aromatic heterocycles. The van der Waals surface area contributed by atoms with Crippen molar-refractivity contribution in [2.24, 2.45) is 10.8 Å². The predicted molar refractivity (Wildman–Crippen MR) is 442 cm³/mol. The number of phenolic OH excluding ortho intramolecular Hbond substituents is 2. The van der Waals surface area contributed by atoms with Crippen molar-refractivity contribution in [3.8, 4) is 11.5 Å². The number of hydrogen-bond donors (Lipinski definition) is 10. The fraction of sp³-hybridized carbons (Fsp3) is 0.702. The number of nitrogens with zero attached hydrogens (tertiary/aromatic N) is 2. The lowest BCUT2D eigenvalue weighted by molar-refractivity contribution is -0.139. The van der Waals surface area contributed by atoms with Crippen LogP contribution in [0.2, 0.25) is 0 Å². The lowest BCUT2D eigenvalue weighted by Gasteiger charge is -2.32. The summed E-state index contributed by atoms with van der Waals surface area (Å²) >= 11 is 0. The number of para-hydroxylation sites is 2. The predicted octanol–water partition coefficient (Wildman–Crippen LogP) is 3.98. The van der Waals surface area contributed by atoms with Crippen LogP contribution in [0.1, 0.15) is 167 Å². The van der Waals surface area contributed by atoms with Crippen LogP contribution in [0.15, 0.2) is 60.7 Å².